The van der Waals surface area contributed by atoms with Gasteiger partial charge in [-0.05, 0) is 23.6 Å². The zero-order chi connectivity index (χ0) is 16.2. The summed E-state index contributed by atoms with van der Waals surface area (Å²) in [5.41, 5.74) is 1.06. The summed E-state index contributed by atoms with van der Waals surface area (Å²) in [5.74, 6) is 0.0569. The molecule has 1 aliphatic heterocycles. The fraction of sp³-hybridized carbons (Fsp3) is 0.412. The third-order valence-corrected chi connectivity index (χ3v) is 5.05. The van der Waals surface area contributed by atoms with E-state index in [4.69, 9.17) is 4.74 Å². The minimum Gasteiger partial charge on any atom is -0.377 e. The van der Waals surface area contributed by atoms with Crippen LogP contribution in [0.1, 0.15) is 34.2 Å². The molecule has 0 bridgehead atoms. The van der Waals surface area contributed by atoms with Gasteiger partial charge in [-0.25, -0.2) is 0 Å². The van der Waals surface area contributed by atoms with Gasteiger partial charge in [-0.3, -0.25) is 9.59 Å². The molecule has 0 spiro atoms. The van der Waals surface area contributed by atoms with E-state index >= 15 is 0 Å². The Hall–Kier alpha value is -1.92. The molecule has 3 rings (SSSR count). The number of nitrogens with zero attached hydrogens (tertiary/aromatic N) is 2. The zero-order valence-corrected chi connectivity index (χ0v) is 13.9. The van der Waals surface area contributed by atoms with Crippen molar-refractivity contribution >= 4 is 23.0 Å². The Bertz CT molecular complexity index is 678. The van der Waals surface area contributed by atoms with Crippen molar-refractivity contribution in [3.63, 3.8) is 0 Å². The summed E-state index contributed by atoms with van der Waals surface area (Å²) in [5, 5.41) is 1.88. The molecule has 0 radical (unpaired) electrons. The predicted molar refractivity (Wildman–Crippen MR) is 88.6 cm³/mol. The maximum Gasteiger partial charge on any atom is 0.223 e. The van der Waals surface area contributed by atoms with Gasteiger partial charge in [-0.2, -0.15) is 0 Å². The number of rotatable bonds is 5. The number of hydrogen-bond acceptors (Lipinski definition) is 4. The van der Waals surface area contributed by atoms with E-state index in [9.17, 15) is 9.59 Å². The van der Waals surface area contributed by atoms with Crippen molar-refractivity contribution in [3.05, 3.63) is 46.4 Å². The van der Waals surface area contributed by atoms with Crippen LogP contribution in [0.15, 0.2) is 35.8 Å². The van der Waals surface area contributed by atoms with Crippen LogP contribution < -0.4 is 0 Å². The van der Waals surface area contributed by atoms with Crippen LogP contribution in [0.5, 0.6) is 0 Å². The van der Waals surface area contributed by atoms with Gasteiger partial charge in [0.2, 0.25) is 5.91 Å². The van der Waals surface area contributed by atoms with Crippen molar-refractivity contribution in [2.75, 3.05) is 19.8 Å². The molecule has 1 atom stereocenters. The van der Waals surface area contributed by atoms with Crippen LogP contribution in [0.2, 0.25) is 0 Å². The summed E-state index contributed by atoms with van der Waals surface area (Å²) in [6, 6.07) is 7.56. The quantitative estimate of drug-likeness (QED) is 0.791. The van der Waals surface area contributed by atoms with Crippen LogP contribution in [0, 0.1) is 0 Å². The highest BCUT2D eigenvalue weighted by molar-refractivity contribution is 7.12. The lowest BCUT2D eigenvalue weighted by atomic mass is 10.1. The Kier molecular flexibility index (Phi) is 4.93. The topological polar surface area (TPSA) is 51.5 Å². The number of aryl methyl sites for hydroxylation is 1. The molecule has 0 saturated carbocycles. The summed E-state index contributed by atoms with van der Waals surface area (Å²) in [6.45, 7) is 1.62. The van der Waals surface area contributed by atoms with E-state index in [0.717, 1.165) is 10.6 Å². The Morgan fingerprint density at radius 2 is 2.17 bits per heavy atom. The highest BCUT2D eigenvalue weighted by atomic mass is 32.1. The number of aromatic nitrogens is 1. The van der Waals surface area contributed by atoms with Crippen LogP contribution >= 0.6 is 11.3 Å². The van der Waals surface area contributed by atoms with Crippen LogP contribution in [0.4, 0.5) is 0 Å². The van der Waals surface area contributed by atoms with Gasteiger partial charge >= 0.3 is 0 Å². The summed E-state index contributed by atoms with van der Waals surface area (Å²) < 4.78 is 7.56. The number of amides is 1. The molecule has 1 amide bonds. The second kappa shape index (κ2) is 7.10. The molecule has 0 aliphatic carbocycles. The van der Waals surface area contributed by atoms with E-state index in [1.165, 1.54) is 11.3 Å². The Morgan fingerprint density at radius 1 is 1.30 bits per heavy atom. The molecule has 0 unspecified atom stereocenters. The molecule has 3 heterocycles. The van der Waals surface area contributed by atoms with Crippen LogP contribution in [-0.2, 0) is 16.6 Å². The highest BCUT2D eigenvalue weighted by Crippen LogP contribution is 2.25. The van der Waals surface area contributed by atoms with Gasteiger partial charge in [-0.15, -0.1) is 11.3 Å². The van der Waals surface area contributed by atoms with Crippen molar-refractivity contribution in [2.24, 2.45) is 7.05 Å². The molecule has 122 valence electrons. The number of Topliss-reactive ketones (excluding diaryl/α,β-unsaturated/α-hetero) is 1. The maximum atomic E-state index is 12.6. The number of thiophene rings is 1. The number of hydrogen-bond donors (Lipinski definition) is 0. The highest BCUT2D eigenvalue weighted by Gasteiger charge is 2.30. The molecule has 23 heavy (non-hydrogen) atoms. The number of ketones is 1. The molecule has 1 saturated heterocycles. The molecule has 1 aliphatic rings. The number of ether oxygens (including phenoxy) is 1. The van der Waals surface area contributed by atoms with Crippen LogP contribution in [-0.4, -0.2) is 40.9 Å². The van der Waals surface area contributed by atoms with E-state index in [2.05, 4.69) is 0 Å². The standard InChI is InChI=1S/C17H20N2O3S/c1-18-8-2-4-13(18)14-12-22-10-9-19(14)17(21)7-6-15(20)16-5-3-11-23-16/h2-5,8,11,14H,6-7,9-10,12H2,1H3/t14-/m0/s1. The van der Waals surface area contributed by atoms with Crippen molar-refractivity contribution in [3.8, 4) is 0 Å². The normalized spacial score (nSPS) is 18.1. The summed E-state index contributed by atoms with van der Waals surface area (Å²) in [6.07, 6.45) is 2.47. The van der Waals surface area contributed by atoms with Gasteiger partial charge in [0.15, 0.2) is 5.78 Å². The molecule has 2 aromatic heterocycles. The fourth-order valence-electron chi connectivity index (χ4n) is 2.89. The average molecular weight is 332 g/mol. The minimum atomic E-state index is -0.0758. The number of carbonyl (C=O) groups is 2. The first kappa shape index (κ1) is 16.0. The van der Waals surface area contributed by atoms with Crippen molar-refractivity contribution in [1.29, 1.82) is 0 Å². The third-order valence-electron chi connectivity index (χ3n) is 4.14. The Labute approximate surface area is 139 Å². The van der Waals surface area contributed by atoms with Crippen LogP contribution in [0.3, 0.4) is 0 Å². The fourth-order valence-corrected chi connectivity index (χ4v) is 3.59. The van der Waals surface area contributed by atoms with Crippen molar-refractivity contribution in [2.45, 2.75) is 18.9 Å². The van der Waals surface area contributed by atoms with E-state index < -0.39 is 0 Å². The minimum absolute atomic E-state index is 0.0180. The maximum absolute atomic E-state index is 12.6. The first-order valence-corrected chi connectivity index (χ1v) is 8.60. The average Bonchev–Trinajstić information content (AvgIpc) is 3.23. The summed E-state index contributed by atoms with van der Waals surface area (Å²) in [7, 11) is 1.97. The smallest absolute Gasteiger partial charge is 0.223 e. The first-order valence-electron chi connectivity index (χ1n) is 7.72. The Balaban J connectivity index is 1.65. The molecule has 0 N–H and O–H groups in total. The van der Waals surface area contributed by atoms with E-state index in [1.54, 1.807) is 6.07 Å². The van der Waals surface area contributed by atoms with Gasteiger partial charge in [0.25, 0.3) is 0 Å². The molecule has 5 nitrogen and oxygen atoms in total. The van der Waals surface area contributed by atoms with Crippen molar-refractivity contribution < 1.29 is 14.3 Å². The number of morpholine rings is 1. The zero-order valence-electron chi connectivity index (χ0n) is 13.1. The molecule has 1 fully saturated rings. The van der Waals surface area contributed by atoms with Crippen molar-refractivity contribution in [1.82, 2.24) is 9.47 Å². The molecular formula is C17H20N2O3S. The van der Waals surface area contributed by atoms with Gasteiger partial charge in [0.1, 0.15) is 0 Å². The molecule has 6 heteroatoms. The third kappa shape index (κ3) is 3.54. The van der Waals surface area contributed by atoms with Gasteiger partial charge in [0, 0.05) is 38.3 Å². The number of carbonyl (C=O) groups excluding carboxylic acids is 2. The monoisotopic (exact) mass is 332 g/mol. The second-order valence-corrected chi connectivity index (χ2v) is 6.57. The molecule has 2 aromatic rings. The van der Waals surface area contributed by atoms with Gasteiger partial charge in [-0.1, -0.05) is 6.07 Å². The van der Waals surface area contributed by atoms with Gasteiger partial charge in [0.05, 0.1) is 24.1 Å². The molecule has 0 aromatic carbocycles. The first-order chi connectivity index (χ1) is 11.2. The second-order valence-electron chi connectivity index (χ2n) is 5.62. The summed E-state index contributed by atoms with van der Waals surface area (Å²) in [4.78, 5) is 27.2. The Morgan fingerprint density at radius 3 is 2.87 bits per heavy atom. The SMILES string of the molecule is Cn1cccc1[C@@H]1COCCN1C(=O)CCC(=O)c1cccs1. The summed E-state index contributed by atoms with van der Waals surface area (Å²) >= 11 is 1.42. The van der Waals surface area contributed by atoms with Crippen LogP contribution in [0.25, 0.3) is 0 Å². The van der Waals surface area contributed by atoms with Gasteiger partial charge < -0.3 is 14.2 Å². The predicted octanol–water partition coefficient (Wildman–Crippen LogP) is 2.65. The lowest BCUT2D eigenvalue weighted by Gasteiger charge is -2.36. The van der Waals surface area contributed by atoms with E-state index in [1.807, 2.05) is 46.3 Å². The lowest BCUT2D eigenvalue weighted by Crippen LogP contribution is -2.44. The van der Waals surface area contributed by atoms with E-state index in [0.29, 0.717) is 19.8 Å². The molecular weight excluding hydrogens is 312 g/mol. The van der Waals surface area contributed by atoms with E-state index in [-0.39, 0.29) is 30.6 Å². The largest absolute Gasteiger partial charge is 0.377 e. The lowest BCUT2D eigenvalue weighted by molar-refractivity contribution is -0.140.